The van der Waals surface area contributed by atoms with Gasteiger partial charge in [0.05, 0.1) is 23.8 Å². The van der Waals surface area contributed by atoms with Crippen LogP contribution in [-0.4, -0.2) is 29.0 Å². The predicted molar refractivity (Wildman–Crippen MR) is 94.6 cm³/mol. The Morgan fingerprint density at radius 2 is 2.25 bits per heavy atom. The van der Waals surface area contributed by atoms with Crippen molar-refractivity contribution in [3.8, 4) is 0 Å². The number of hydrogen-bond acceptors (Lipinski definition) is 5. The number of hydrogen-bond donors (Lipinski definition) is 2. The average Bonchev–Trinajstić information content (AvgIpc) is 2.63. The number of carbonyl (C=O) groups is 1. The molecule has 6 nitrogen and oxygen atoms in total. The molecule has 3 rings (SSSR count). The summed E-state index contributed by atoms with van der Waals surface area (Å²) in [6.07, 6.45) is 7.29. The molecule has 0 radical (unpaired) electrons. The van der Waals surface area contributed by atoms with Gasteiger partial charge >= 0.3 is 0 Å². The zero-order chi connectivity index (χ0) is 16.9. The summed E-state index contributed by atoms with van der Waals surface area (Å²) in [5.74, 6) is 0.591. The van der Waals surface area contributed by atoms with Crippen molar-refractivity contribution in [2.24, 2.45) is 11.7 Å². The Morgan fingerprint density at radius 3 is 2.92 bits per heavy atom. The standard InChI is InChI=1S/C18H23N5O/c1-13(14-4-2-8-20-10-14)22-16-6-7-17(21-11-16)23-9-3-5-15(12-23)18(19)24/h2,4,6-8,10-11,13,15,22H,3,5,9,12H2,1H3,(H2,19,24)/t13-,15-/m0/s1. The summed E-state index contributed by atoms with van der Waals surface area (Å²) >= 11 is 0. The fourth-order valence-corrected chi connectivity index (χ4v) is 3.04. The van der Waals surface area contributed by atoms with Gasteiger partial charge in [0.15, 0.2) is 0 Å². The SMILES string of the molecule is C[C@H](Nc1ccc(N2CCC[C@H](C(N)=O)C2)nc1)c1cccnc1. The van der Waals surface area contributed by atoms with Crippen molar-refractivity contribution in [2.45, 2.75) is 25.8 Å². The van der Waals surface area contributed by atoms with Gasteiger partial charge in [0, 0.05) is 25.5 Å². The number of piperidine rings is 1. The molecule has 1 fully saturated rings. The summed E-state index contributed by atoms with van der Waals surface area (Å²) in [6, 6.07) is 8.13. The number of anilines is 2. The summed E-state index contributed by atoms with van der Waals surface area (Å²) in [7, 11) is 0. The first kappa shape index (κ1) is 16.2. The molecule has 0 aliphatic carbocycles. The minimum Gasteiger partial charge on any atom is -0.377 e. The molecule has 1 amide bonds. The molecule has 2 aromatic rings. The highest BCUT2D eigenvalue weighted by Gasteiger charge is 2.24. The summed E-state index contributed by atoms with van der Waals surface area (Å²) in [4.78, 5) is 22.2. The highest BCUT2D eigenvalue weighted by atomic mass is 16.1. The van der Waals surface area contributed by atoms with Crippen LogP contribution in [0.5, 0.6) is 0 Å². The van der Waals surface area contributed by atoms with E-state index in [0.717, 1.165) is 36.5 Å². The van der Waals surface area contributed by atoms with E-state index in [1.165, 1.54) is 0 Å². The maximum Gasteiger partial charge on any atom is 0.222 e. The van der Waals surface area contributed by atoms with Gasteiger partial charge in [-0.25, -0.2) is 4.98 Å². The van der Waals surface area contributed by atoms with Gasteiger partial charge in [-0.05, 0) is 43.5 Å². The monoisotopic (exact) mass is 325 g/mol. The topological polar surface area (TPSA) is 84.1 Å². The van der Waals surface area contributed by atoms with Crippen LogP contribution in [0.25, 0.3) is 0 Å². The predicted octanol–water partition coefficient (Wildman–Crippen LogP) is 2.35. The van der Waals surface area contributed by atoms with Gasteiger partial charge in [0.1, 0.15) is 5.82 Å². The molecule has 3 N–H and O–H groups in total. The lowest BCUT2D eigenvalue weighted by Gasteiger charge is -2.32. The molecule has 0 aromatic carbocycles. The number of aromatic nitrogens is 2. The lowest BCUT2D eigenvalue weighted by atomic mass is 9.97. The molecule has 2 aromatic heterocycles. The quantitative estimate of drug-likeness (QED) is 0.881. The third-order valence-electron chi connectivity index (χ3n) is 4.46. The fourth-order valence-electron chi connectivity index (χ4n) is 3.04. The van der Waals surface area contributed by atoms with Crippen molar-refractivity contribution >= 4 is 17.4 Å². The molecule has 1 aliphatic rings. The van der Waals surface area contributed by atoms with E-state index in [9.17, 15) is 4.79 Å². The maximum absolute atomic E-state index is 11.4. The summed E-state index contributed by atoms with van der Waals surface area (Å²) in [5, 5.41) is 3.42. The van der Waals surface area contributed by atoms with Crippen molar-refractivity contribution in [2.75, 3.05) is 23.3 Å². The highest BCUT2D eigenvalue weighted by molar-refractivity contribution is 5.77. The number of carbonyl (C=O) groups excluding carboxylic acids is 1. The maximum atomic E-state index is 11.4. The Labute approximate surface area is 142 Å². The van der Waals surface area contributed by atoms with Crippen molar-refractivity contribution in [3.63, 3.8) is 0 Å². The highest BCUT2D eigenvalue weighted by Crippen LogP contribution is 2.24. The van der Waals surface area contributed by atoms with Crippen LogP contribution in [0.2, 0.25) is 0 Å². The minimum absolute atomic E-state index is 0.0797. The number of pyridine rings is 2. The van der Waals surface area contributed by atoms with E-state index < -0.39 is 0 Å². The van der Waals surface area contributed by atoms with Crippen LogP contribution in [0.15, 0.2) is 42.9 Å². The van der Waals surface area contributed by atoms with Crippen LogP contribution >= 0.6 is 0 Å². The molecule has 0 saturated carbocycles. The fraction of sp³-hybridized carbons (Fsp3) is 0.389. The number of nitrogens with one attached hydrogen (secondary N) is 1. The van der Waals surface area contributed by atoms with Crippen molar-refractivity contribution in [1.29, 1.82) is 0 Å². The lowest BCUT2D eigenvalue weighted by Crippen LogP contribution is -2.41. The van der Waals surface area contributed by atoms with E-state index in [2.05, 4.69) is 27.1 Å². The number of nitrogens with zero attached hydrogens (tertiary/aromatic N) is 3. The van der Waals surface area contributed by atoms with Crippen molar-refractivity contribution in [1.82, 2.24) is 9.97 Å². The molecule has 2 atom stereocenters. The van der Waals surface area contributed by atoms with Crippen LogP contribution < -0.4 is 16.0 Å². The Hall–Kier alpha value is -2.63. The third kappa shape index (κ3) is 3.82. The Kier molecular flexibility index (Phi) is 4.93. The van der Waals surface area contributed by atoms with Crippen LogP contribution in [0.1, 0.15) is 31.4 Å². The number of rotatable bonds is 5. The van der Waals surface area contributed by atoms with Crippen molar-refractivity contribution in [3.05, 3.63) is 48.4 Å². The van der Waals surface area contributed by atoms with Crippen molar-refractivity contribution < 1.29 is 4.79 Å². The lowest BCUT2D eigenvalue weighted by molar-refractivity contribution is -0.122. The number of amides is 1. The third-order valence-corrected chi connectivity index (χ3v) is 4.46. The average molecular weight is 325 g/mol. The number of primary amides is 1. The van der Waals surface area contributed by atoms with Crippen LogP contribution in [0.4, 0.5) is 11.5 Å². The minimum atomic E-state index is -0.219. The molecule has 6 heteroatoms. The molecular weight excluding hydrogens is 302 g/mol. The van der Waals surface area contributed by atoms with Gasteiger partial charge in [0.2, 0.25) is 5.91 Å². The van der Waals surface area contributed by atoms with Gasteiger partial charge in [-0.1, -0.05) is 6.07 Å². The normalized spacial score (nSPS) is 18.9. The smallest absolute Gasteiger partial charge is 0.222 e. The van der Waals surface area contributed by atoms with Gasteiger partial charge in [-0.3, -0.25) is 9.78 Å². The second-order valence-corrected chi connectivity index (χ2v) is 6.24. The first-order valence-corrected chi connectivity index (χ1v) is 8.30. The largest absolute Gasteiger partial charge is 0.377 e. The zero-order valence-corrected chi connectivity index (χ0v) is 13.9. The van der Waals surface area contributed by atoms with Gasteiger partial charge in [-0.2, -0.15) is 0 Å². The zero-order valence-electron chi connectivity index (χ0n) is 13.9. The number of nitrogens with two attached hydrogens (primary N) is 1. The molecule has 126 valence electrons. The second kappa shape index (κ2) is 7.29. The van der Waals surface area contributed by atoms with E-state index in [0.29, 0.717) is 6.54 Å². The molecule has 3 heterocycles. The second-order valence-electron chi connectivity index (χ2n) is 6.24. The van der Waals surface area contributed by atoms with Gasteiger partial charge in [-0.15, -0.1) is 0 Å². The van der Waals surface area contributed by atoms with Crippen LogP contribution in [0, 0.1) is 5.92 Å². The molecule has 0 spiro atoms. The van der Waals surface area contributed by atoms with Crippen LogP contribution in [-0.2, 0) is 4.79 Å². The van der Waals surface area contributed by atoms with E-state index in [-0.39, 0.29) is 17.9 Å². The van der Waals surface area contributed by atoms with E-state index in [4.69, 9.17) is 5.73 Å². The van der Waals surface area contributed by atoms with E-state index >= 15 is 0 Å². The Morgan fingerprint density at radius 1 is 1.38 bits per heavy atom. The van der Waals surface area contributed by atoms with Gasteiger partial charge in [0.25, 0.3) is 0 Å². The Balaban J connectivity index is 1.64. The molecule has 1 aliphatic heterocycles. The van der Waals surface area contributed by atoms with Crippen LogP contribution in [0.3, 0.4) is 0 Å². The Bertz CT molecular complexity index is 674. The van der Waals surface area contributed by atoms with E-state index in [1.807, 2.05) is 36.7 Å². The van der Waals surface area contributed by atoms with Gasteiger partial charge < -0.3 is 16.0 Å². The first-order valence-electron chi connectivity index (χ1n) is 8.30. The first-order chi connectivity index (χ1) is 11.6. The van der Waals surface area contributed by atoms with E-state index in [1.54, 1.807) is 6.20 Å². The summed E-state index contributed by atoms with van der Waals surface area (Å²) in [5.41, 5.74) is 7.52. The summed E-state index contributed by atoms with van der Waals surface area (Å²) in [6.45, 7) is 3.66. The molecule has 1 saturated heterocycles. The molecule has 0 bridgehead atoms. The summed E-state index contributed by atoms with van der Waals surface area (Å²) < 4.78 is 0. The molecule has 0 unspecified atom stereocenters. The molecule has 24 heavy (non-hydrogen) atoms. The molecular formula is C18H23N5O.